The van der Waals surface area contributed by atoms with Gasteiger partial charge in [0.15, 0.2) is 0 Å². The number of benzene rings is 2. The number of carbonyl (C=O) groups excluding carboxylic acids is 2. The molecule has 3 rings (SSSR count). The largest absolute Gasteiger partial charge is 0.423 e. The zero-order valence-corrected chi connectivity index (χ0v) is 15.1. The van der Waals surface area contributed by atoms with E-state index in [-0.39, 0.29) is 11.5 Å². The minimum atomic E-state index is -0.620. The summed E-state index contributed by atoms with van der Waals surface area (Å²) in [5, 5.41) is 2.63. The summed E-state index contributed by atoms with van der Waals surface area (Å²) in [4.78, 5) is 27.2. The number of ether oxygens (including phenoxy) is 1. The fraction of sp³-hybridized carbons (Fsp3) is 0.0455. The first-order chi connectivity index (χ1) is 13.5. The topological polar surface area (TPSA) is 68.3 Å². The Morgan fingerprint density at radius 1 is 1.00 bits per heavy atom. The van der Waals surface area contributed by atoms with Gasteiger partial charge >= 0.3 is 5.97 Å². The van der Waals surface area contributed by atoms with Gasteiger partial charge in [0, 0.05) is 13.1 Å². The molecule has 0 spiro atoms. The van der Waals surface area contributed by atoms with Crippen LogP contribution in [0.15, 0.2) is 66.9 Å². The highest BCUT2D eigenvalue weighted by Gasteiger charge is 2.09. The molecule has 0 radical (unpaired) electrons. The maximum atomic E-state index is 13.2. The Kier molecular flexibility index (Phi) is 5.91. The fourth-order valence-corrected chi connectivity index (χ4v) is 2.42. The molecule has 0 fully saturated rings. The molecule has 3 aromatic rings. The molecule has 0 aliphatic heterocycles. The first kappa shape index (κ1) is 19.0. The maximum Gasteiger partial charge on any atom is 0.343 e. The first-order valence-corrected chi connectivity index (χ1v) is 8.49. The van der Waals surface area contributed by atoms with Crippen LogP contribution in [0.1, 0.15) is 28.4 Å². The van der Waals surface area contributed by atoms with Crippen molar-refractivity contribution in [1.82, 2.24) is 4.98 Å². The van der Waals surface area contributed by atoms with Crippen LogP contribution < -0.4 is 10.1 Å². The molecule has 0 atom stereocenters. The number of carbonyl (C=O) groups is 2. The Hall–Kier alpha value is -3.80. The van der Waals surface area contributed by atoms with E-state index in [1.54, 1.807) is 36.5 Å². The molecule has 28 heavy (non-hydrogen) atoms. The zero-order valence-electron chi connectivity index (χ0n) is 15.1. The lowest BCUT2D eigenvalue weighted by Crippen LogP contribution is -2.08. The zero-order chi connectivity index (χ0) is 19.9. The SMILES string of the molecule is CC(=O)Nc1cc(/C=C/c2ccc(OC(=O)c3cccc(F)c3)cc2)ccn1. The van der Waals surface area contributed by atoms with Crippen molar-refractivity contribution in [2.75, 3.05) is 5.32 Å². The molecule has 0 saturated heterocycles. The minimum Gasteiger partial charge on any atom is -0.423 e. The molecule has 1 N–H and O–H groups in total. The summed E-state index contributed by atoms with van der Waals surface area (Å²) >= 11 is 0. The summed E-state index contributed by atoms with van der Waals surface area (Å²) in [5.74, 6) is -0.452. The van der Waals surface area contributed by atoms with Gasteiger partial charge in [0.25, 0.3) is 0 Å². The molecule has 0 aliphatic rings. The van der Waals surface area contributed by atoms with Crippen molar-refractivity contribution in [2.45, 2.75) is 6.92 Å². The summed E-state index contributed by atoms with van der Waals surface area (Å²) in [6.07, 6.45) is 5.37. The Bertz CT molecular complexity index is 1030. The number of nitrogens with zero attached hydrogens (tertiary/aromatic N) is 1. The number of esters is 1. The standard InChI is InChI=1S/C22H17FN2O3/c1-15(26)25-21-13-17(11-12-24-21)6-5-16-7-9-20(10-8-16)28-22(27)18-3-2-4-19(23)14-18/h2-14H,1H3,(H,24,25,26)/b6-5+. The van der Waals surface area contributed by atoms with Crippen LogP contribution in [-0.4, -0.2) is 16.9 Å². The van der Waals surface area contributed by atoms with Crippen molar-refractivity contribution in [3.05, 3.63) is 89.4 Å². The molecule has 0 unspecified atom stereocenters. The molecule has 0 aliphatic carbocycles. The maximum absolute atomic E-state index is 13.2. The third kappa shape index (κ3) is 5.35. The first-order valence-electron chi connectivity index (χ1n) is 8.49. The molecule has 2 aromatic carbocycles. The van der Waals surface area contributed by atoms with Crippen molar-refractivity contribution < 1.29 is 18.7 Å². The van der Waals surface area contributed by atoms with Gasteiger partial charge in [-0.25, -0.2) is 14.2 Å². The van der Waals surface area contributed by atoms with Crippen LogP contribution in [-0.2, 0) is 4.79 Å². The number of amides is 1. The summed E-state index contributed by atoms with van der Waals surface area (Å²) in [6, 6.07) is 15.8. The van der Waals surface area contributed by atoms with Crippen molar-refractivity contribution in [1.29, 1.82) is 0 Å². The van der Waals surface area contributed by atoms with E-state index in [4.69, 9.17) is 4.74 Å². The minimum absolute atomic E-state index is 0.150. The Labute approximate surface area is 161 Å². The lowest BCUT2D eigenvalue weighted by Gasteiger charge is -2.05. The summed E-state index contributed by atoms with van der Waals surface area (Å²) < 4.78 is 18.4. The van der Waals surface area contributed by atoms with Gasteiger partial charge in [0.2, 0.25) is 5.91 Å². The van der Waals surface area contributed by atoms with Gasteiger partial charge in [-0.3, -0.25) is 4.79 Å². The second-order valence-electron chi connectivity index (χ2n) is 5.96. The lowest BCUT2D eigenvalue weighted by atomic mass is 10.1. The van der Waals surface area contributed by atoms with Crippen LogP contribution in [0.5, 0.6) is 5.75 Å². The van der Waals surface area contributed by atoms with Crippen LogP contribution in [0.2, 0.25) is 0 Å². The molecule has 5 nitrogen and oxygen atoms in total. The third-order valence-corrected chi connectivity index (χ3v) is 3.71. The molecule has 6 heteroatoms. The van der Waals surface area contributed by atoms with Gasteiger partial charge in [-0.05, 0) is 53.6 Å². The van der Waals surface area contributed by atoms with Crippen molar-refractivity contribution >= 4 is 29.8 Å². The van der Waals surface area contributed by atoms with Gasteiger partial charge in [0.05, 0.1) is 5.56 Å². The number of aromatic nitrogens is 1. The Balaban J connectivity index is 1.65. The average molecular weight is 376 g/mol. The molecule has 1 amide bonds. The van der Waals surface area contributed by atoms with E-state index in [0.717, 1.165) is 17.2 Å². The van der Waals surface area contributed by atoms with E-state index in [1.807, 2.05) is 18.2 Å². The molecule has 1 heterocycles. The van der Waals surface area contributed by atoms with Crippen LogP contribution in [0.25, 0.3) is 12.2 Å². The van der Waals surface area contributed by atoms with Crippen molar-refractivity contribution in [2.24, 2.45) is 0 Å². The highest BCUT2D eigenvalue weighted by atomic mass is 19.1. The van der Waals surface area contributed by atoms with Crippen molar-refractivity contribution in [3.8, 4) is 5.75 Å². The smallest absolute Gasteiger partial charge is 0.343 e. The molecule has 0 bridgehead atoms. The van der Waals surface area contributed by atoms with Gasteiger partial charge in [0.1, 0.15) is 17.4 Å². The number of halogens is 1. The summed E-state index contributed by atoms with van der Waals surface area (Å²) in [6.45, 7) is 1.42. The summed E-state index contributed by atoms with van der Waals surface area (Å²) in [5.41, 5.74) is 1.92. The van der Waals surface area contributed by atoms with Crippen molar-refractivity contribution in [3.63, 3.8) is 0 Å². The fourth-order valence-electron chi connectivity index (χ4n) is 2.42. The summed E-state index contributed by atoms with van der Waals surface area (Å²) in [7, 11) is 0. The van der Waals surface area contributed by atoms with E-state index in [9.17, 15) is 14.0 Å². The molecule has 0 saturated carbocycles. The third-order valence-electron chi connectivity index (χ3n) is 3.71. The van der Waals surface area contributed by atoms with E-state index < -0.39 is 11.8 Å². The van der Waals surface area contributed by atoms with Crippen LogP contribution in [0.3, 0.4) is 0 Å². The monoisotopic (exact) mass is 376 g/mol. The van der Waals surface area contributed by atoms with Crippen LogP contribution in [0.4, 0.5) is 10.2 Å². The van der Waals surface area contributed by atoms with Gasteiger partial charge in [-0.1, -0.05) is 30.4 Å². The molecule has 140 valence electrons. The average Bonchev–Trinajstić information content (AvgIpc) is 2.67. The molecule has 1 aromatic heterocycles. The van der Waals surface area contributed by atoms with E-state index in [1.165, 1.54) is 25.1 Å². The lowest BCUT2D eigenvalue weighted by molar-refractivity contribution is -0.114. The number of rotatable bonds is 5. The molecular formula is C22H17FN2O3. The molecular weight excluding hydrogens is 359 g/mol. The van der Waals surface area contributed by atoms with Crippen LogP contribution >= 0.6 is 0 Å². The number of anilines is 1. The highest BCUT2D eigenvalue weighted by Crippen LogP contribution is 2.17. The van der Waals surface area contributed by atoms with Crippen LogP contribution in [0, 0.1) is 5.82 Å². The second kappa shape index (κ2) is 8.73. The number of hydrogen-bond donors (Lipinski definition) is 1. The Morgan fingerprint density at radius 3 is 2.46 bits per heavy atom. The second-order valence-corrected chi connectivity index (χ2v) is 5.96. The van der Waals surface area contributed by atoms with Gasteiger partial charge < -0.3 is 10.1 Å². The quantitative estimate of drug-likeness (QED) is 0.523. The van der Waals surface area contributed by atoms with E-state index >= 15 is 0 Å². The Morgan fingerprint density at radius 2 is 1.75 bits per heavy atom. The highest BCUT2D eigenvalue weighted by molar-refractivity contribution is 5.91. The number of pyridine rings is 1. The predicted octanol–water partition coefficient (Wildman–Crippen LogP) is 4.57. The van der Waals surface area contributed by atoms with E-state index in [0.29, 0.717) is 11.6 Å². The van der Waals surface area contributed by atoms with Gasteiger partial charge in [-0.2, -0.15) is 0 Å². The van der Waals surface area contributed by atoms with E-state index in [2.05, 4.69) is 10.3 Å². The number of nitrogens with one attached hydrogen (secondary N) is 1. The normalized spacial score (nSPS) is 10.6. The van der Waals surface area contributed by atoms with Gasteiger partial charge in [-0.15, -0.1) is 0 Å². The number of hydrogen-bond acceptors (Lipinski definition) is 4. The predicted molar refractivity (Wildman–Crippen MR) is 105 cm³/mol.